The second kappa shape index (κ2) is 15.3. The van der Waals surface area contributed by atoms with Gasteiger partial charge in [-0.15, -0.1) is 5.48 Å². The van der Waals surface area contributed by atoms with Crippen LogP contribution in [0, 0.1) is 25.6 Å². The van der Waals surface area contributed by atoms with E-state index < -0.39 is 17.8 Å². The number of nitrogens with one attached hydrogen (secondary N) is 2. The van der Waals surface area contributed by atoms with Gasteiger partial charge in [0, 0.05) is 68.2 Å². The Labute approximate surface area is 366 Å². The molecule has 64 heavy (non-hydrogen) atoms. The average Bonchev–Trinajstić information content (AvgIpc) is 3.94. The number of hydrogen-bond acceptors (Lipinski definition) is 10. The maximum Gasteiger partial charge on any atom is 0.427 e. The third-order valence-electron chi connectivity index (χ3n) is 13.7. The highest BCUT2D eigenvalue weighted by Crippen LogP contribution is 2.55. The number of nitrogens with zero attached hydrogens (tertiary/aromatic N) is 9. The van der Waals surface area contributed by atoms with E-state index in [0.29, 0.717) is 96.9 Å². The molecule has 0 bridgehead atoms. The molecule has 330 valence electrons. The minimum absolute atomic E-state index is 0.0648. The quantitative estimate of drug-likeness (QED) is 0.184. The van der Waals surface area contributed by atoms with Crippen LogP contribution in [0.5, 0.6) is 0 Å². The van der Waals surface area contributed by atoms with E-state index in [1.54, 1.807) is 70.4 Å². The second-order valence-electron chi connectivity index (χ2n) is 17.6. The molecule has 3 aliphatic heterocycles. The number of pyridine rings is 1. The molecule has 1 aliphatic carbocycles. The summed E-state index contributed by atoms with van der Waals surface area (Å²) in [5.74, 6) is 0.281. The summed E-state index contributed by atoms with van der Waals surface area (Å²) in [5.41, 5.74) is 8.45. The lowest BCUT2D eigenvalue weighted by Crippen LogP contribution is -2.49. The highest BCUT2D eigenvalue weighted by molar-refractivity contribution is 5.98. The van der Waals surface area contributed by atoms with E-state index in [1.165, 1.54) is 0 Å². The van der Waals surface area contributed by atoms with Crippen molar-refractivity contribution in [2.75, 3.05) is 33.5 Å². The number of halogens is 1. The second-order valence-corrected chi connectivity index (χ2v) is 17.6. The number of aromatic nitrogens is 8. The minimum Gasteiger partial charge on any atom is -0.383 e. The predicted molar refractivity (Wildman–Crippen MR) is 232 cm³/mol. The van der Waals surface area contributed by atoms with Gasteiger partial charge in [0.1, 0.15) is 29.1 Å². The number of ether oxygens (including phenoxy) is 2. The van der Waals surface area contributed by atoms with Gasteiger partial charge >= 0.3 is 11.8 Å². The lowest BCUT2D eigenvalue weighted by Gasteiger charge is -2.31. The van der Waals surface area contributed by atoms with Crippen molar-refractivity contribution < 1.29 is 28.3 Å². The monoisotopic (exact) mass is 869 g/mol. The number of imidazole rings is 1. The molecule has 17 nitrogen and oxygen atoms in total. The van der Waals surface area contributed by atoms with Gasteiger partial charge in [0.15, 0.2) is 0 Å². The van der Waals surface area contributed by atoms with Gasteiger partial charge < -0.3 is 23.8 Å². The number of aryl methyl sites for hydroxylation is 2. The Kier molecular flexibility index (Phi) is 9.59. The normalized spacial score (nSPS) is 21.1. The molecular weight excluding hydrogens is 822 g/mol. The fraction of sp³-hybridized carbons (Fsp3) is 0.391. The molecule has 2 amide bonds. The molecule has 3 fully saturated rings. The van der Waals surface area contributed by atoms with E-state index in [9.17, 15) is 9.59 Å². The highest BCUT2D eigenvalue weighted by Gasteiger charge is 2.62. The third-order valence-corrected chi connectivity index (χ3v) is 13.7. The Morgan fingerprint density at radius 2 is 1.78 bits per heavy atom. The zero-order valence-electron chi connectivity index (χ0n) is 36.0. The molecular formula is C46H48FN11O6. The first-order valence-electron chi connectivity index (χ1n) is 21.8. The van der Waals surface area contributed by atoms with Gasteiger partial charge in [-0.05, 0) is 104 Å². The van der Waals surface area contributed by atoms with E-state index in [0.717, 1.165) is 40.4 Å². The summed E-state index contributed by atoms with van der Waals surface area (Å²) >= 11 is 0. The lowest BCUT2D eigenvalue weighted by atomic mass is 9.92. The topological polar surface area (TPSA) is 170 Å². The Morgan fingerprint density at radius 1 is 1.00 bits per heavy atom. The maximum absolute atomic E-state index is 15.3. The van der Waals surface area contributed by atoms with Gasteiger partial charge in [0.05, 0.1) is 54.0 Å². The number of fused-ring (bicyclic) bond motifs is 3. The van der Waals surface area contributed by atoms with Crippen LogP contribution in [0.4, 0.5) is 9.18 Å². The van der Waals surface area contributed by atoms with Crippen LogP contribution < -0.4 is 16.5 Å². The Balaban J connectivity index is 1.01. The molecule has 4 aliphatic rings. The van der Waals surface area contributed by atoms with Crippen molar-refractivity contribution in [2.24, 2.45) is 5.92 Å². The number of benzene rings is 2. The van der Waals surface area contributed by atoms with Crippen molar-refractivity contribution in [2.45, 2.75) is 77.2 Å². The molecule has 1 saturated carbocycles. The van der Waals surface area contributed by atoms with E-state index in [4.69, 9.17) is 24.4 Å². The number of methoxy groups -OCH3 is 1. The molecule has 18 heteroatoms. The van der Waals surface area contributed by atoms with E-state index >= 15 is 9.18 Å². The van der Waals surface area contributed by atoms with Crippen LogP contribution in [0.1, 0.15) is 70.5 Å². The smallest absolute Gasteiger partial charge is 0.383 e. The molecule has 2 aromatic carbocycles. The van der Waals surface area contributed by atoms with Gasteiger partial charge in [-0.2, -0.15) is 10.2 Å². The van der Waals surface area contributed by atoms with Crippen molar-refractivity contribution >= 4 is 33.9 Å². The first-order valence-corrected chi connectivity index (χ1v) is 21.8. The van der Waals surface area contributed by atoms with Crippen LogP contribution in [0.15, 0.2) is 72.0 Å². The zero-order valence-corrected chi connectivity index (χ0v) is 36.0. The van der Waals surface area contributed by atoms with Gasteiger partial charge in [-0.3, -0.25) is 23.9 Å². The summed E-state index contributed by atoms with van der Waals surface area (Å²) in [6.07, 6.45) is 8.77. The summed E-state index contributed by atoms with van der Waals surface area (Å²) < 4.78 is 34.7. The maximum atomic E-state index is 15.3. The summed E-state index contributed by atoms with van der Waals surface area (Å²) in [7, 11) is 1.65. The summed E-state index contributed by atoms with van der Waals surface area (Å²) in [4.78, 5) is 54.4. The number of amides is 2. The van der Waals surface area contributed by atoms with Gasteiger partial charge in [-0.25, -0.2) is 23.6 Å². The largest absolute Gasteiger partial charge is 0.427 e. The number of hydroxylamine groups is 1. The average molecular weight is 870 g/mol. The minimum atomic E-state index is -0.733. The zero-order chi connectivity index (χ0) is 44.0. The number of rotatable bonds is 10. The van der Waals surface area contributed by atoms with E-state index in [1.807, 2.05) is 39.7 Å². The van der Waals surface area contributed by atoms with Crippen molar-refractivity contribution in [1.29, 1.82) is 0 Å². The molecule has 2 saturated heterocycles. The first kappa shape index (κ1) is 40.2. The molecule has 8 heterocycles. The van der Waals surface area contributed by atoms with Crippen molar-refractivity contribution in [1.82, 2.24) is 53.9 Å². The Hall–Kier alpha value is -6.63. The summed E-state index contributed by atoms with van der Waals surface area (Å²) in [6, 6.07) is 13.2. The van der Waals surface area contributed by atoms with Crippen LogP contribution in [-0.2, 0) is 39.4 Å². The summed E-state index contributed by atoms with van der Waals surface area (Å²) in [6.45, 7) is 8.47. The number of carbonyl (C=O) groups is 2. The van der Waals surface area contributed by atoms with Crippen LogP contribution >= 0.6 is 0 Å². The molecule has 0 radical (unpaired) electrons. The summed E-state index contributed by atoms with van der Waals surface area (Å²) in [5, 5.41) is 14.2. The van der Waals surface area contributed by atoms with Gasteiger partial charge in [0.2, 0.25) is 0 Å². The molecule has 7 aromatic rings. The lowest BCUT2D eigenvalue weighted by molar-refractivity contribution is 0.0709. The van der Waals surface area contributed by atoms with Crippen molar-refractivity contribution in [3.05, 3.63) is 117 Å². The fourth-order valence-corrected chi connectivity index (χ4v) is 10.2. The van der Waals surface area contributed by atoms with Crippen LogP contribution in [0.2, 0.25) is 0 Å². The highest BCUT2D eigenvalue weighted by atomic mass is 19.1. The molecule has 11 rings (SSSR count). The van der Waals surface area contributed by atoms with Crippen LogP contribution in [0.25, 0.3) is 39.1 Å². The SMILES string of the molecule is COCCn1ncc2cc(-n3ccn(-c4c5c(nn4-c4cc(C)c(F)c(C)c4)CCN(C(=O)c4cc6cc(C7CCOCC7)cnc6n4[C@@]4(C6NOC(=O)N6)C[C@@H]4C)C5)c3=O)ccc21. The van der Waals surface area contributed by atoms with Crippen molar-refractivity contribution in [3.63, 3.8) is 0 Å². The molecule has 2 N–H and O–H groups in total. The molecule has 5 aromatic heterocycles. The van der Waals surface area contributed by atoms with Gasteiger partial charge in [0.25, 0.3) is 5.91 Å². The number of carbonyl (C=O) groups excluding carboxylic acids is 2. The van der Waals surface area contributed by atoms with E-state index in [-0.39, 0.29) is 29.9 Å². The molecule has 1 unspecified atom stereocenters. The molecule has 0 spiro atoms. The Bertz CT molecular complexity index is 3060. The fourth-order valence-electron chi connectivity index (χ4n) is 10.2. The predicted octanol–water partition coefficient (Wildman–Crippen LogP) is 5.31. The standard InChI is InChI=1S/C46H48FN11O6/c1-26-17-34(18-27(2)39(26)47)58-41(55-12-11-54(45(55)61)33-5-6-37-32(20-33)24-49-56(37)13-16-62-4)35-25-53(10-7-36(35)51-58)42(59)38-21-30-19-31(29-8-14-63-15-9-29)23-48-40(30)57(38)46(22-28(46)3)43-50-44(60)64-52-43/h5-6,11-12,17-21,23-24,28-29,43,52H,7-10,13-16,22,25H2,1-4H3,(H,50,60)/t28-,43?,46-/m0/s1. The Morgan fingerprint density at radius 3 is 2.52 bits per heavy atom. The van der Waals surface area contributed by atoms with Crippen LogP contribution in [-0.4, -0.2) is 94.8 Å². The molecule has 3 atom stereocenters. The third kappa shape index (κ3) is 6.36. The number of hydrogen-bond donors (Lipinski definition) is 2. The van der Waals surface area contributed by atoms with Gasteiger partial charge in [-0.1, -0.05) is 6.92 Å². The van der Waals surface area contributed by atoms with Crippen LogP contribution in [0.3, 0.4) is 0 Å². The van der Waals surface area contributed by atoms with Crippen molar-refractivity contribution in [3.8, 4) is 17.2 Å². The first-order chi connectivity index (χ1) is 31.0. The van der Waals surface area contributed by atoms with E-state index in [2.05, 4.69) is 28.9 Å².